The molecule has 35 heavy (non-hydrogen) atoms. The Hall–Kier alpha value is -3.97. The van der Waals surface area contributed by atoms with Crippen LogP contribution in [-0.2, 0) is 20.5 Å². The number of amides is 1. The standard InChI is InChI=1S/C28H25NO5S/c1-19-17-34-27(28(31)29-35(32)26-6-4-3-5-7-26)16-24(19)18-33-25-14-12-23(13-15-25)22-10-8-21(9-11-22)20(2)30/h3-16H,17-18H2,1-2H3,(H,29,31). The smallest absolute Gasteiger partial charge is 0.298 e. The van der Waals surface area contributed by atoms with E-state index in [0.29, 0.717) is 16.2 Å². The Bertz CT molecular complexity index is 1310. The van der Waals surface area contributed by atoms with Crippen molar-refractivity contribution in [2.24, 2.45) is 0 Å². The predicted octanol–water partition coefficient (Wildman–Crippen LogP) is 5.00. The second-order valence-corrected chi connectivity index (χ2v) is 9.28. The summed E-state index contributed by atoms with van der Waals surface area (Å²) in [6.45, 7) is 3.98. The summed E-state index contributed by atoms with van der Waals surface area (Å²) in [6.07, 6.45) is 1.63. The zero-order valence-electron chi connectivity index (χ0n) is 19.4. The first-order chi connectivity index (χ1) is 16.9. The highest BCUT2D eigenvalue weighted by molar-refractivity contribution is 7.83. The minimum Gasteiger partial charge on any atom is -0.489 e. The maximum absolute atomic E-state index is 12.6. The molecule has 1 atom stereocenters. The topological polar surface area (TPSA) is 81.7 Å². The van der Waals surface area contributed by atoms with Gasteiger partial charge in [0.05, 0.1) is 4.90 Å². The molecule has 0 saturated carbocycles. The van der Waals surface area contributed by atoms with E-state index in [1.807, 2.05) is 61.5 Å². The van der Waals surface area contributed by atoms with Crippen LogP contribution >= 0.6 is 0 Å². The van der Waals surface area contributed by atoms with Crippen molar-refractivity contribution in [3.8, 4) is 16.9 Å². The first-order valence-corrected chi connectivity index (χ1v) is 12.2. The molecule has 1 amide bonds. The maximum Gasteiger partial charge on any atom is 0.298 e. The van der Waals surface area contributed by atoms with Crippen molar-refractivity contribution in [1.82, 2.24) is 4.72 Å². The Labute approximate surface area is 206 Å². The van der Waals surface area contributed by atoms with Crippen LogP contribution in [0.2, 0.25) is 0 Å². The Kier molecular flexibility index (Phi) is 7.57. The van der Waals surface area contributed by atoms with Gasteiger partial charge < -0.3 is 9.47 Å². The van der Waals surface area contributed by atoms with Crippen LogP contribution in [0.15, 0.2) is 107 Å². The van der Waals surface area contributed by atoms with Gasteiger partial charge in [-0.2, -0.15) is 0 Å². The number of carbonyl (C=O) groups is 2. The third-order valence-corrected chi connectivity index (χ3v) is 6.61. The summed E-state index contributed by atoms with van der Waals surface area (Å²) >= 11 is 0. The summed E-state index contributed by atoms with van der Waals surface area (Å²) in [7, 11) is -1.67. The lowest BCUT2D eigenvalue weighted by molar-refractivity contribution is -0.119. The Morgan fingerprint density at radius 3 is 2.20 bits per heavy atom. The van der Waals surface area contributed by atoms with Crippen molar-refractivity contribution >= 4 is 22.7 Å². The van der Waals surface area contributed by atoms with Crippen LogP contribution in [0.1, 0.15) is 24.2 Å². The number of carbonyl (C=O) groups excluding carboxylic acids is 2. The van der Waals surface area contributed by atoms with E-state index in [2.05, 4.69) is 4.72 Å². The second kappa shape index (κ2) is 11.0. The van der Waals surface area contributed by atoms with Crippen LogP contribution in [0.3, 0.4) is 0 Å². The van der Waals surface area contributed by atoms with Crippen LogP contribution in [0, 0.1) is 0 Å². The summed E-state index contributed by atoms with van der Waals surface area (Å²) in [6, 6.07) is 23.8. The highest BCUT2D eigenvalue weighted by atomic mass is 32.2. The molecule has 7 heteroatoms. The SMILES string of the molecule is CC(=O)c1ccc(-c2ccc(OCC3=C(C)COC(C(=O)NS(=O)c4ccccc4)=C3)cc2)cc1. The predicted molar refractivity (Wildman–Crippen MR) is 135 cm³/mol. The van der Waals surface area contributed by atoms with Crippen molar-refractivity contribution in [2.75, 3.05) is 13.2 Å². The highest BCUT2D eigenvalue weighted by Gasteiger charge is 2.20. The van der Waals surface area contributed by atoms with Crippen LogP contribution in [0.5, 0.6) is 5.75 Å². The summed E-state index contributed by atoms with van der Waals surface area (Å²) < 4.78 is 26.3. The number of ketones is 1. The van der Waals surface area contributed by atoms with Gasteiger partial charge in [0.25, 0.3) is 5.91 Å². The molecule has 0 spiro atoms. The second-order valence-electron chi connectivity index (χ2n) is 8.06. The Morgan fingerprint density at radius 2 is 1.57 bits per heavy atom. The molecule has 3 aromatic rings. The van der Waals surface area contributed by atoms with E-state index in [1.165, 1.54) is 0 Å². The van der Waals surface area contributed by atoms with Gasteiger partial charge >= 0.3 is 0 Å². The summed E-state index contributed by atoms with van der Waals surface area (Å²) in [5.74, 6) is 0.280. The number of nitrogens with one attached hydrogen (secondary N) is 1. The van der Waals surface area contributed by atoms with Gasteiger partial charge in [-0.15, -0.1) is 0 Å². The first-order valence-electron chi connectivity index (χ1n) is 11.1. The molecule has 0 fully saturated rings. The molecule has 0 bridgehead atoms. The zero-order valence-corrected chi connectivity index (χ0v) is 20.3. The molecule has 1 aliphatic rings. The van der Waals surface area contributed by atoms with Gasteiger partial charge in [-0.1, -0.05) is 54.6 Å². The van der Waals surface area contributed by atoms with Gasteiger partial charge in [-0.3, -0.25) is 14.3 Å². The molecule has 4 rings (SSSR count). The highest BCUT2D eigenvalue weighted by Crippen LogP contribution is 2.24. The largest absolute Gasteiger partial charge is 0.489 e. The molecule has 0 saturated heterocycles. The van der Waals surface area contributed by atoms with Crippen molar-refractivity contribution < 1.29 is 23.3 Å². The van der Waals surface area contributed by atoms with Crippen molar-refractivity contribution in [3.05, 3.63) is 107 Å². The minimum atomic E-state index is -1.67. The third kappa shape index (κ3) is 6.13. The molecular weight excluding hydrogens is 462 g/mol. The van der Waals surface area contributed by atoms with Gasteiger partial charge in [0.2, 0.25) is 0 Å². The number of hydrogen-bond donors (Lipinski definition) is 1. The molecule has 3 aromatic carbocycles. The van der Waals surface area contributed by atoms with Gasteiger partial charge in [-0.05, 0) is 66.5 Å². The number of hydrogen-bond acceptors (Lipinski definition) is 5. The molecule has 1 unspecified atom stereocenters. The lowest BCUT2D eigenvalue weighted by atomic mass is 10.0. The summed E-state index contributed by atoms with van der Waals surface area (Å²) in [5, 5.41) is 0. The molecule has 6 nitrogen and oxygen atoms in total. The molecule has 1 N–H and O–H groups in total. The molecule has 1 aliphatic heterocycles. The van der Waals surface area contributed by atoms with Gasteiger partial charge in [0.1, 0.15) is 19.0 Å². The average molecular weight is 488 g/mol. The monoisotopic (exact) mass is 487 g/mol. The lowest BCUT2D eigenvalue weighted by Gasteiger charge is -2.19. The summed E-state index contributed by atoms with van der Waals surface area (Å²) in [4.78, 5) is 24.5. The molecule has 0 aliphatic carbocycles. The Balaban J connectivity index is 1.38. The van der Waals surface area contributed by atoms with E-state index in [1.54, 1.807) is 37.3 Å². The molecule has 1 heterocycles. The van der Waals surface area contributed by atoms with Crippen molar-refractivity contribution in [2.45, 2.75) is 18.7 Å². The minimum absolute atomic E-state index is 0.0390. The van der Waals surface area contributed by atoms with Crippen molar-refractivity contribution in [3.63, 3.8) is 0 Å². The summed E-state index contributed by atoms with van der Waals surface area (Å²) in [5.41, 5.74) is 4.49. The van der Waals surface area contributed by atoms with Gasteiger partial charge in [0.15, 0.2) is 22.5 Å². The number of ether oxygens (including phenoxy) is 2. The number of rotatable bonds is 8. The van der Waals surface area contributed by atoms with Crippen molar-refractivity contribution in [1.29, 1.82) is 0 Å². The van der Waals surface area contributed by atoms with E-state index < -0.39 is 16.9 Å². The number of Topliss-reactive ketones (excluding diaryl/α,β-unsaturated/α-hetero) is 1. The van der Waals surface area contributed by atoms with Crippen LogP contribution < -0.4 is 9.46 Å². The third-order valence-electron chi connectivity index (χ3n) is 5.54. The fourth-order valence-corrected chi connectivity index (χ4v) is 4.23. The first kappa shape index (κ1) is 24.2. The Morgan fingerprint density at radius 1 is 0.943 bits per heavy atom. The normalized spacial score (nSPS) is 13.9. The van der Waals surface area contributed by atoms with Crippen LogP contribution in [0.4, 0.5) is 0 Å². The molecule has 0 radical (unpaired) electrons. The van der Waals surface area contributed by atoms with Crippen LogP contribution in [-0.4, -0.2) is 29.1 Å². The van der Waals surface area contributed by atoms with Gasteiger partial charge in [0, 0.05) is 5.56 Å². The quantitative estimate of drug-likeness (QED) is 0.452. The number of benzene rings is 3. The zero-order chi connectivity index (χ0) is 24.8. The molecule has 0 aromatic heterocycles. The van der Waals surface area contributed by atoms with E-state index in [4.69, 9.17) is 9.47 Å². The maximum atomic E-state index is 12.6. The van der Waals surface area contributed by atoms with E-state index >= 15 is 0 Å². The van der Waals surface area contributed by atoms with Crippen LogP contribution in [0.25, 0.3) is 11.1 Å². The fourth-order valence-electron chi connectivity index (χ4n) is 3.44. The van der Waals surface area contributed by atoms with E-state index in [9.17, 15) is 13.8 Å². The fraction of sp³-hybridized carbons (Fsp3) is 0.143. The molecular formula is C28H25NO5S. The lowest BCUT2D eigenvalue weighted by Crippen LogP contribution is -2.29. The average Bonchev–Trinajstić information content (AvgIpc) is 2.89. The molecule has 178 valence electrons. The van der Waals surface area contributed by atoms with Gasteiger partial charge in [-0.25, -0.2) is 4.21 Å². The van der Waals surface area contributed by atoms with E-state index in [0.717, 1.165) is 22.3 Å². The van der Waals surface area contributed by atoms with E-state index in [-0.39, 0.29) is 24.8 Å².